The number of rotatable bonds is 6. The number of carbonyl (C=O) groups is 1. The summed E-state index contributed by atoms with van der Waals surface area (Å²) in [4.78, 5) is 14.1. The Labute approximate surface area is 159 Å². The third-order valence-electron chi connectivity index (χ3n) is 4.23. The van der Waals surface area contributed by atoms with Crippen LogP contribution in [-0.4, -0.2) is 38.3 Å². The second kappa shape index (κ2) is 8.56. The number of esters is 1. The van der Waals surface area contributed by atoms with Crippen molar-refractivity contribution < 1.29 is 22.7 Å². The maximum Gasteiger partial charge on any atom is 0.337 e. The average Bonchev–Trinajstić information content (AvgIpc) is 2.66. The van der Waals surface area contributed by atoms with Gasteiger partial charge >= 0.3 is 5.97 Å². The highest BCUT2D eigenvalue weighted by Crippen LogP contribution is 2.37. The summed E-state index contributed by atoms with van der Waals surface area (Å²) in [6, 6.07) is 9.70. The lowest BCUT2D eigenvalue weighted by molar-refractivity contribution is 0.0600. The van der Waals surface area contributed by atoms with E-state index in [1.807, 2.05) is 18.2 Å². The Morgan fingerprint density at radius 2 is 2.11 bits per heavy atom. The quantitative estimate of drug-likeness (QED) is 0.733. The van der Waals surface area contributed by atoms with Gasteiger partial charge in [-0.3, -0.25) is 0 Å². The van der Waals surface area contributed by atoms with Gasteiger partial charge in [-0.15, -0.1) is 11.8 Å². The maximum absolute atomic E-state index is 14.2. The van der Waals surface area contributed by atoms with E-state index in [1.54, 1.807) is 16.7 Å². The van der Waals surface area contributed by atoms with Crippen LogP contribution in [0.25, 0.3) is 0 Å². The second-order valence-corrected chi connectivity index (χ2v) is 7.16. The zero-order valence-electron chi connectivity index (χ0n) is 14.7. The molecule has 1 aliphatic rings. The lowest BCUT2D eigenvalue weighted by Crippen LogP contribution is -2.33. The van der Waals surface area contributed by atoms with Gasteiger partial charge in [-0.05, 0) is 30.3 Å². The number of fused-ring (bicyclic) bond motifs is 1. The minimum atomic E-state index is -2.40. The average molecular weight is 396 g/mol. The Balaban J connectivity index is 1.72. The molecular formula is C19H19F3N2O2S. The molecule has 0 radical (unpaired) electrons. The number of ether oxygens (including phenoxy) is 1. The van der Waals surface area contributed by atoms with E-state index in [-0.39, 0.29) is 18.7 Å². The second-order valence-electron chi connectivity index (χ2n) is 6.02. The summed E-state index contributed by atoms with van der Waals surface area (Å²) >= 11 is 1.63. The number of hydrogen-bond acceptors (Lipinski definition) is 5. The number of hydrogen-bond donors (Lipinski definition) is 1. The number of benzene rings is 2. The summed E-state index contributed by atoms with van der Waals surface area (Å²) in [6.45, 7) is 0.462. The molecule has 1 aliphatic heterocycles. The highest BCUT2D eigenvalue weighted by Gasteiger charge is 2.20. The Morgan fingerprint density at radius 3 is 2.81 bits per heavy atom. The van der Waals surface area contributed by atoms with Crippen molar-refractivity contribution in [1.29, 1.82) is 0 Å². The lowest BCUT2D eigenvalue weighted by atomic mass is 10.1. The molecule has 2 aromatic carbocycles. The van der Waals surface area contributed by atoms with Gasteiger partial charge < -0.3 is 15.0 Å². The number of alkyl halides is 2. The van der Waals surface area contributed by atoms with Crippen LogP contribution in [0.5, 0.6) is 0 Å². The fourth-order valence-electron chi connectivity index (χ4n) is 2.87. The first-order chi connectivity index (χ1) is 13.0. The number of carbonyl (C=O) groups excluding carboxylic acids is 1. The van der Waals surface area contributed by atoms with E-state index in [4.69, 9.17) is 0 Å². The van der Waals surface area contributed by atoms with E-state index < -0.39 is 18.2 Å². The van der Waals surface area contributed by atoms with Crippen LogP contribution in [0.2, 0.25) is 0 Å². The van der Waals surface area contributed by atoms with Gasteiger partial charge in [0.2, 0.25) is 0 Å². The van der Waals surface area contributed by atoms with Crippen LogP contribution in [0.4, 0.5) is 24.5 Å². The first-order valence-electron chi connectivity index (χ1n) is 8.38. The molecule has 144 valence electrons. The van der Waals surface area contributed by atoms with Crippen LogP contribution < -0.4 is 10.2 Å². The molecule has 0 saturated heterocycles. The predicted molar refractivity (Wildman–Crippen MR) is 100 cm³/mol. The topological polar surface area (TPSA) is 41.6 Å². The van der Waals surface area contributed by atoms with Gasteiger partial charge in [0, 0.05) is 35.0 Å². The largest absolute Gasteiger partial charge is 0.465 e. The van der Waals surface area contributed by atoms with Crippen molar-refractivity contribution in [1.82, 2.24) is 0 Å². The molecule has 4 nitrogen and oxygen atoms in total. The molecule has 0 saturated carbocycles. The van der Waals surface area contributed by atoms with E-state index in [0.717, 1.165) is 22.4 Å². The monoisotopic (exact) mass is 396 g/mol. The molecule has 0 aromatic heterocycles. The first-order valence-corrected chi connectivity index (χ1v) is 9.37. The number of nitrogens with one attached hydrogen (secondary N) is 1. The van der Waals surface area contributed by atoms with Crippen LogP contribution in [0.1, 0.15) is 15.9 Å². The van der Waals surface area contributed by atoms with Crippen LogP contribution in [0.3, 0.4) is 0 Å². The van der Waals surface area contributed by atoms with Crippen LogP contribution in [-0.2, 0) is 11.3 Å². The zero-order chi connectivity index (χ0) is 19.4. The molecule has 0 atom stereocenters. The van der Waals surface area contributed by atoms with Crippen molar-refractivity contribution >= 4 is 29.1 Å². The lowest BCUT2D eigenvalue weighted by Gasteiger charge is -2.31. The van der Waals surface area contributed by atoms with Crippen molar-refractivity contribution in [3.05, 3.63) is 53.3 Å². The van der Waals surface area contributed by atoms with Gasteiger partial charge in [0.1, 0.15) is 5.82 Å². The Kier molecular flexibility index (Phi) is 6.15. The van der Waals surface area contributed by atoms with E-state index in [2.05, 4.69) is 10.1 Å². The molecule has 0 aliphatic carbocycles. The molecular weight excluding hydrogens is 377 g/mol. The summed E-state index contributed by atoms with van der Waals surface area (Å²) < 4.78 is 44.4. The minimum absolute atomic E-state index is 0.146. The molecule has 0 amide bonds. The Morgan fingerprint density at radius 1 is 1.30 bits per heavy atom. The molecule has 0 fully saturated rings. The number of anilines is 2. The minimum Gasteiger partial charge on any atom is -0.465 e. The highest BCUT2D eigenvalue weighted by molar-refractivity contribution is 7.99. The third-order valence-corrected chi connectivity index (χ3v) is 5.28. The number of methoxy groups -OCH3 is 1. The predicted octanol–water partition coefficient (Wildman–Crippen LogP) is 4.40. The van der Waals surface area contributed by atoms with Gasteiger partial charge in [-0.1, -0.05) is 6.07 Å². The Bertz CT molecular complexity index is 833. The van der Waals surface area contributed by atoms with E-state index in [9.17, 15) is 18.0 Å². The normalized spacial score (nSPS) is 13.4. The SMILES string of the molecule is COC(=O)c1ccc(CNc2ccc3c(c2)N(CC(F)F)CCS3)c(F)c1. The summed E-state index contributed by atoms with van der Waals surface area (Å²) in [7, 11) is 1.24. The van der Waals surface area contributed by atoms with E-state index in [0.29, 0.717) is 17.8 Å². The summed E-state index contributed by atoms with van der Waals surface area (Å²) in [5.41, 5.74) is 2.01. The molecule has 27 heavy (non-hydrogen) atoms. The van der Waals surface area contributed by atoms with Crippen LogP contribution in [0.15, 0.2) is 41.3 Å². The standard InChI is InChI=1S/C19H19F3N2O2S/c1-26-19(25)12-2-3-13(15(20)8-12)10-23-14-4-5-17-16(9-14)24(6-7-27-17)11-18(21)22/h2-5,8-9,18,23H,6-7,10-11H2,1H3. The van der Waals surface area contributed by atoms with Gasteiger partial charge in [0.15, 0.2) is 0 Å². The van der Waals surface area contributed by atoms with Gasteiger partial charge in [-0.25, -0.2) is 18.0 Å². The number of nitrogens with zero attached hydrogens (tertiary/aromatic N) is 1. The van der Waals surface area contributed by atoms with Crippen LogP contribution in [0, 0.1) is 5.82 Å². The maximum atomic E-state index is 14.2. The molecule has 3 rings (SSSR count). The first kappa shape index (κ1) is 19.4. The summed E-state index contributed by atoms with van der Waals surface area (Å²) in [5, 5.41) is 3.11. The van der Waals surface area contributed by atoms with Crippen molar-refractivity contribution in [3.8, 4) is 0 Å². The van der Waals surface area contributed by atoms with Crippen molar-refractivity contribution in [2.75, 3.05) is 36.2 Å². The van der Waals surface area contributed by atoms with Gasteiger partial charge in [-0.2, -0.15) is 0 Å². The molecule has 1 N–H and O–H groups in total. The molecule has 1 heterocycles. The fraction of sp³-hybridized carbons (Fsp3) is 0.316. The zero-order valence-corrected chi connectivity index (χ0v) is 15.5. The molecule has 8 heteroatoms. The molecule has 2 aromatic rings. The van der Waals surface area contributed by atoms with Crippen molar-refractivity contribution in [2.45, 2.75) is 17.9 Å². The third kappa shape index (κ3) is 4.68. The summed E-state index contributed by atoms with van der Waals surface area (Å²) in [5.74, 6) is -0.345. The fourth-order valence-corrected chi connectivity index (χ4v) is 3.90. The highest BCUT2D eigenvalue weighted by atomic mass is 32.2. The van der Waals surface area contributed by atoms with Crippen molar-refractivity contribution in [2.24, 2.45) is 0 Å². The van der Waals surface area contributed by atoms with E-state index >= 15 is 0 Å². The molecule has 0 bridgehead atoms. The number of thioether (sulfide) groups is 1. The van der Waals surface area contributed by atoms with Crippen LogP contribution >= 0.6 is 11.8 Å². The number of halogens is 3. The van der Waals surface area contributed by atoms with Gasteiger partial charge in [0.05, 0.1) is 24.9 Å². The van der Waals surface area contributed by atoms with Gasteiger partial charge in [0.25, 0.3) is 6.43 Å². The Hall–Kier alpha value is -2.35. The van der Waals surface area contributed by atoms with E-state index in [1.165, 1.54) is 19.2 Å². The molecule has 0 unspecified atom stereocenters. The summed E-state index contributed by atoms with van der Waals surface area (Å²) in [6.07, 6.45) is -2.40. The molecule has 0 spiro atoms. The van der Waals surface area contributed by atoms with Crippen molar-refractivity contribution in [3.63, 3.8) is 0 Å². The smallest absolute Gasteiger partial charge is 0.337 e.